The molecule has 11 heteroatoms. The molecule has 1 aliphatic heterocycles. The van der Waals surface area contributed by atoms with E-state index in [9.17, 15) is 33.1 Å². The molecular weight excluding hydrogens is 426 g/mol. The van der Waals surface area contributed by atoms with E-state index in [-0.39, 0.29) is 17.6 Å². The predicted octanol–water partition coefficient (Wildman–Crippen LogP) is 1.26. The Labute approximate surface area is 187 Å². The summed E-state index contributed by atoms with van der Waals surface area (Å²) in [5.74, 6) is -0.973. The molecule has 1 aromatic carbocycles. The number of unbranched alkanes of at least 4 members (excludes halogenated alkanes) is 1. The fourth-order valence-electron chi connectivity index (χ4n) is 4.03. The second-order valence-electron chi connectivity index (χ2n) is 8.57. The molecule has 0 radical (unpaired) electrons. The zero-order valence-electron chi connectivity index (χ0n) is 18.4. The summed E-state index contributed by atoms with van der Waals surface area (Å²) in [6.45, 7) is 5.49. The largest absolute Gasteiger partial charge is 0.488 e. The van der Waals surface area contributed by atoms with E-state index in [1.807, 2.05) is 11.8 Å². The molecule has 1 aromatic rings. The molecule has 0 saturated carbocycles. The number of carboxylic acid groups (broad SMARTS) is 1. The highest BCUT2D eigenvalue weighted by molar-refractivity contribution is 6.59. The van der Waals surface area contributed by atoms with Gasteiger partial charge < -0.3 is 25.8 Å². The lowest BCUT2D eigenvalue weighted by molar-refractivity contribution is -0.144. The van der Waals surface area contributed by atoms with E-state index in [4.69, 9.17) is 5.73 Å². The summed E-state index contributed by atoms with van der Waals surface area (Å²) < 4.78 is 39.2. The van der Waals surface area contributed by atoms with Gasteiger partial charge in [-0.05, 0) is 42.9 Å². The maximum absolute atomic E-state index is 13.1. The van der Waals surface area contributed by atoms with Crippen molar-refractivity contribution in [3.05, 3.63) is 29.3 Å². The van der Waals surface area contributed by atoms with E-state index in [1.54, 1.807) is 0 Å². The van der Waals surface area contributed by atoms with Gasteiger partial charge in [0.05, 0.1) is 5.56 Å². The number of hydrogen-bond acceptors (Lipinski definition) is 6. The predicted molar refractivity (Wildman–Crippen MR) is 116 cm³/mol. The minimum atomic E-state index is -4.50. The summed E-state index contributed by atoms with van der Waals surface area (Å²) in [5, 5.41) is 28.5. The molecule has 7 nitrogen and oxygen atoms in total. The van der Waals surface area contributed by atoms with E-state index >= 15 is 0 Å². The molecule has 180 valence electrons. The van der Waals surface area contributed by atoms with Crippen LogP contribution in [0.25, 0.3) is 0 Å². The number of nitrogens with zero attached hydrogens (tertiary/aromatic N) is 2. The van der Waals surface area contributed by atoms with Crippen molar-refractivity contribution in [3.8, 4) is 0 Å². The molecule has 32 heavy (non-hydrogen) atoms. The van der Waals surface area contributed by atoms with Crippen LogP contribution in [-0.2, 0) is 17.5 Å². The third-order valence-electron chi connectivity index (χ3n) is 6.11. The standard InChI is InChI=1S/C21H33BF3N3O4/c1-2-3-7-20(26,19(29)30)8-4-9-27-10-12-28(13-11-27)15-16-14-17(21(23,24)25)5-6-18(16)22(31)32/h5-6,14,31-32H,2-4,7-13,15,26H2,1H3,(H,29,30). The summed E-state index contributed by atoms with van der Waals surface area (Å²) in [6, 6.07) is 2.94. The van der Waals surface area contributed by atoms with E-state index in [0.717, 1.165) is 31.0 Å². The quantitative estimate of drug-likeness (QED) is 0.369. The van der Waals surface area contributed by atoms with Gasteiger partial charge in [0.2, 0.25) is 0 Å². The van der Waals surface area contributed by atoms with Gasteiger partial charge in [0.1, 0.15) is 5.54 Å². The molecule has 1 saturated heterocycles. The zero-order valence-corrected chi connectivity index (χ0v) is 18.4. The molecule has 0 amide bonds. The van der Waals surface area contributed by atoms with Gasteiger partial charge in [-0.25, -0.2) is 0 Å². The first-order valence-electron chi connectivity index (χ1n) is 11.0. The minimum absolute atomic E-state index is 0.0699. The van der Waals surface area contributed by atoms with Gasteiger partial charge in [0, 0.05) is 32.7 Å². The minimum Gasteiger partial charge on any atom is -0.480 e. The second kappa shape index (κ2) is 11.5. The van der Waals surface area contributed by atoms with E-state index in [0.29, 0.717) is 52.0 Å². The van der Waals surface area contributed by atoms with E-state index in [1.165, 1.54) is 0 Å². The average Bonchev–Trinajstić information content (AvgIpc) is 2.72. The number of piperazine rings is 1. The first kappa shape index (κ1) is 26.6. The van der Waals surface area contributed by atoms with Gasteiger partial charge in [0.25, 0.3) is 0 Å². The van der Waals surface area contributed by atoms with Crippen molar-refractivity contribution < 1.29 is 33.1 Å². The zero-order chi connectivity index (χ0) is 23.9. The second-order valence-corrected chi connectivity index (χ2v) is 8.57. The molecule has 0 aromatic heterocycles. The summed E-state index contributed by atoms with van der Waals surface area (Å²) in [6.07, 6.45) is -1.36. The Morgan fingerprint density at radius 3 is 2.22 bits per heavy atom. The van der Waals surface area contributed by atoms with Crippen LogP contribution >= 0.6 is 0 Å². The molecule has 1 unspecified atom stereocenters. The van der Waals surface area contributed by atoms with Crippen LogP contribution in [0.5, 0.6) is 0 Å². The summed E-state index contributed by atoms with van der Waals surface area (Å²) in [5.41, 5.74) is 4.38. The molecule has 2 rings (SSSR count). The average molecular weight is 459 g/mol. The van der Waals surface area contributed by atoms with Crippen molar-refractivity contribution in [1.29, 1.82) is 0 Å². The van der Waals surface area contributed by atoms with Crippen molar-refractivity contribution >= 4 is 18.6 Å². The molecule has 1 aliphatic rings. The smallest absolute Gasteiger partial charge is 0.480 e. The van der Waals surface area contributed by atoms with Gasteiger partial charge in [-0.2, -0.15) is 13.2 Å². The van der Waals surface area contributed by atoms with Crippen LogP contribution in [0.4, 0.5) is 13.2 Å². The van der Waals surface area contributed by atoms with Crippen molar-refractivity contribution in [1.82, 2.24) is 9.80 Å². The number of rotatable bonds is 11. The highest BCUT2D eigenvalue weighted by atomic mass is 19.4. The summed E-state index contributed by atoms with van der Waals surface area (Å²) in [4.78, 5) is 15.7. The van der Waals surface area contributed by atoms with Crippen LogP contribution in [0.15, 0.2) is 18.2 Å². The SMILES string of the molecule is CCCCC(N)(CCCN1CCN(Cc2cc(C(F)(F)F)ccc2B(O)O)CC1)C(=O)O. The Kier molecular flexibility index (Phi) is 9.53. The molecular formula is C21H33BF3N3O4. The number of halogens is 3. The van der Waals surface area contributed by atoms with E-state index in [2.05, 4.69) is 4.90 Å². The van der Waals surface area contributed by atoms with Crippen LogP contribution < -0.4 is 11.2 Å². The fourth-order valence-corrected chi connectivity index (χ4v) is 4.03. The van der Waals surface area contributed by atoms with Crippen LogP contribution in [0.2, 0.25) is 0 Å². The number of aliphatic carboxylic acids is 1. The van der Waals surface area contributed by atoms with Crippen LogP contribution in [0.1, 0.15) is 50.2 Å². The molecule has 1 atom stereocenters. The van der Waals surface area contributed by atoms with E-state index < -0.39 is 30.4 Å². The highest BCUT2D eigenvalue weighted by Crippen LogP contribution is 2.29. The lowest BCUT2D eigenvalue weighted by atomic mass is 9.76. The molecule has 5 N–H and O–H groups in total. The van der Waals surface area contributed by atoms with Crippen molar-refractivity contribution in [2.45, 2.75) is 57.3 Å². The summed E-state index contributed by atoms with van der Waals surface area (Å²) in [7, 11) is -1.84. The summed E-state index contributed by atoms with van der Waals surface area (Å²) >= 11 is 0. The van der Waals surface area contributed by atoms with Crippen LogP contribution in [0, 0.1) is 0 Å². The molecule has 0 spiro atoms. The number of carbonyl (C=O) groups is 1. The number of carboxylic acids is 1. The van der Waals surface area contributed by atoms with Crippen LogP contribution in [0.3, 0.4) is 0 Å². The van der Waals surface area contributed by atoms with Crippen molar-refractivity contribution in [3.63, 3.8) is 0 Å². The van der Waals surface area contributed by atoms with Gasteiger partial charge in [0.15, 0.2) is 0 Å². The van der Waals surface area contributed by atoms with Crippen molar-refractivity contribution in [2.75, 3.05) is 32.7 Å². The maximum Gasteiger partial charge on any atom is 0.488 e. The molecule has 1 fully saturated rings. The molecule has 1 heterocycles. The Balaban J connectivity index is 1.89. The van der Waals surface area contributed by atoms with Gasteiger partial charge in [-0.1, -0.05) is 31.9 Å². The number of nitrogens with two attached hydrogens (primary N) is 1. The topological polar surface area (TPSA) is 110 Å². The monoisotopic (exact) mass is 459 g/mol. The Bertz CT molecular complexity index is 758. The Morgan fingerprint density at radius 2 is 1.69 bits per heavy atom. The third kappa shape index (κ3) is 7.45. The Hall–Kier alpha value is -1.66. The van der Waals surface area contributed by atoms with Gasteiger partial charge in [-0.15, -0.1) is 0 Å². The van der Waals surface area contributed by atoms with Gasteiger partial charge >= 0.3 is 19.3 Å². The first-order valence-corrected chi connectivity index (χ1v) is 11.0. The molecule has 0 aliphatic carbocycles. The number of benzene rings is 1. The fraction of sp³-hybridized carbons (Fsp3) is 0.667. The van der Waals surface area contributed by atoms with Crippen LogP contribution in [-0.4, -0.2) is 76.3 Å². The van der Waals surface area contributed by atoms with Gasteiger partial charge in [-0.3, -0.25) is 9.69 Å². The highest BCUT2D eigenvalue weighted by Gasteiger charge is 2.34. The molecule has 0 bridgehead atoms. The Morgan fingerprint density at radius 1 is 1.09 bits per heavy atom. The number of alkyl halides is 3. The van der Waals surface area contributed by atoms with Crippen molar-refractivity contribution in [2.24, 2.45) is 5.73 Å². The first-order chi connectivity index (χ1) is 15.0. The number of hydrogen-bond donors (Lipinski definition) is 4. The lowest BCUT2D eigenvalue weighted by Crippen LogP contribution is -2.49. The maximum atomic E-state index is 13.1. The lowest BCUT2D eigenvalue weighted by Gasteiger charge is -2.35. The third-order valence-corrected chi connectivity index (χ3v) is 6.11. The normalized spacial score (nSPS) is 17.8.